The Balaban J connectivity index is 1.81. The number of methoxy groups -OCH3 is 1. The maximum atomic E-state index is 12.1. The van der Waals surface area contributed by atoms with E-state index < -0.39 is 0 Å². The van der Waals surface area contributed by atoms with E-state index in [1.165, 1.54) is 7.11 Å². The minimum atomic E-state index is -0.335. The van der Waals surface area contributed by atoms with Crippen LogP contribution in [-0.2, 0) is 9.53 Å². The fraction of sp³-hybridized carbons (Fsp3) is 0.100. The molecule has 1 aliphatic heterocycles. The number of pyridine rings is 1. The molecule has 0 radical (unpaired) electrons. The zero-order valence-corrected chi connectivity index (χ0v) is 13.8. The lowest BCUT2D eigenvalue weighted by atomic mass is 10.0. The van der Waals surface area contributed by atoms with E-state index in [1.807, 2.05) is 71.7 Å². The summed E-state index contributed by atoms with van der Waals surface area (Å²) >= 11 is 0. The standard InChI is InChI=1S/C20H17N3O2/c1-25-20(24)16-12-15-11-14-7-5-6-10-18(14)21-19(15)23(13-16)22-17-8-3-2-4-9-17/h2-12,22H,13H2,1H3. The van der Waals surface area contributed by atoms with E-state index in [0.29, 0.717) is 12.1 Å². The number of hydrogen-bond donors (Lipinski definition) is 1. The molecule has 0 fully saturated rings. The topological polar surface area (TPSA) is 54.5 Å². The summed E-state index contributed by atoms with van der Waals surface area (Å²) in [5.74, 6) is 0.453. The van der Waals surface area contributed by atoms with Crippen LogP contribution in [0.25, 0.3) is 17.0 Å². The third-order valence-electron chi connectivity index (χ3n) is 4.13. The third kappa shape index (κ3) is 2.92. The van der Waals surface area contributed by atoms with Crippen LogP contribution in [0.1, 0.15) is 5.56 Å². The molecule has 0 aliphatic carbocycles. The van der Waals surface area contributed by atoms with Crippen molar-refractivity contribution in [3.8, 4) is 0 Å². The molecule has 0 saturated heterocycles. The molecule has 1 N–H and O–H groups in total. The number of carbonyl (C=O) groups is 1. The normalized spacial score (nSPS) is 13.2. The van der Waals surface area contributed by atoms with E-state index in [9.17, 15) is 4.79 Å². The highest BCUT2D eigenvalue weighted by molar-refractivity contribution is 5.98. The zero-order valence-electron chi connectivity index (χ0n) is 13.8. The number of ether oxygens (including phenoxy) is 1. The Labute approximate surface area is 145 Å². The van der Waals surface area contributed by atoms with Gasteiger partial charge in [0.25, 0.3) is 0 Å². The monoisotopic (exact) mass is 331 g/mol. The Hall–Kier alpha value is -3.34. The van der Waals surface area contributed by atoms with Crippen molar-refractivity contribution < 1.29 is 9.53 Å². The highest BCUT2D eigenvalue weighted by Gasteiger charge is 2.24. The Kier molecular flexibility index (Phi) is 3.82. The van der Waals surface area contributed by atoms with Crippen molar-refractivity contribution in [1.29, 1.82) is 0 Å². The summed E-state index contributed by atoms with van der Waals surface area (Å²) in [6, 6.07) is 19.8. The third-order valence-corrected chi connectivity index (χ3v) is 4.13. The van der Waals surface area contributed by atoms with E-state index in [4.69, 9.17) is 9.72 Å². The van der Waals surface area contributed by atoms with Gasteiger partial charge in [0.15, 0.2) is 5.82 Å². The number of carbonyl (C=O) groups excluding carboxylic acids is 1. The molecule has 0 saturated carbocycles. The molecule has 0 spiro atoms. The molecule has 0 amide bonds. The number of para-hydroxylation sites is 2. The second-order valence-electron chi connectivity index (χ2n) is 5.82. The fourth-order valence-corrected chi connectivity index (χ4v) is 2.94. The van der Waals surface area contributed by atoms with Crippen LogP contribution in [0.15, 0.2) is 66.2 Å². The first-order valence-corrected chi connectivity index (χ1v) is 8.02. The molecule has 1 aliphatic rings. The zero-order chi connectivity index (χ0) is 17.2. The quantitative estimate of drug-likeness (QED) is 0.743. The van der Waals surface area contributed by atoms with Gasteiger partial charge in [0, 0.05) is 10.9 Å². The summed E-state index contributed by atoms with van der Waals surface area (Å²) < 4.78 is 4.91. The Morgan fingerprint density at radius 3 is 2.68 bits per heavy atom. The first-order chi connectivity index (χ1) is 12.2. The van der Waals surface area contributed by atoms with Crippen LogP contribution in [0.4, 0.5) is 11.5 Å². The van der Waals surface area contributed by atoms with E-state index in [2.05, 4.69) is 5.43 Å². The van der Waals surface area contributed by atoms with E-state index in [-0.39, 0.29) is 5.97 Å². The molecular formula is C20H17N3O2. The number of aromatic nitrogens is 1. The molecule has 4 rings (SSSR count). The van der Waals surface area contributed by atoms with Crippen molar-refractivity contribution in [3.05, 3.63) is 71.8 Å². The van der Waals surface area contributed by atoms with E-state index >= 15 is 0 Å². The van der Waals surface area contributed by atoms with Crippen molar-refractivity contribution >= 4 is 34.5 Å². The number of hydrazine groups is 1. The number of anilines is 2. The van der Waals surface area contributed by atoms with Gasteiger partial charge in [-0.25, -0.2) is 9.78 Å². The second kappa shape index (κ2) is 6.28. The van der Waals surface area contributed by atoms with Gasteiger partial charge < -0.3 is 4.74 Å². The number of hydrogen-bond acceptors (Lipinski definition) is 5. The maximum Gasteiger partial charge on any atom is 0.335 e. The van der Waals surface area contributed by atoms with Crippen LogP contribution in [0.3, 0.4) is 0 Å². The molecule has 5 nitrogen and oxygen atoms in total. The summed E-state index contributed by atoms with van der Waals surface area (Å²) in [7, 11) is 1.40. The first-order valence-electron chi connectivity index (χ1n) is 8.02. The lowest BCUT2D eigenvalue weighted by molar-refractivity contribution is -0.136. The predicted molar refractivity (Wildman–Crippen MR) is 99.1 cm³/mol. The van der Waals surface area contributed by atoms with Crippen molar-refractivity contribution in [2.45, 2.75) is 0 Å². The van der Waals surface area contributed by atoms with Gasteiger partial charge in [0.1, 0.15) is 0 Å². The van der Waals surface area contributed by atoms with Crippen LogP contribution in [-0.4, -0.2) is 24.6 Å². The van der Waals surface area contributed by atoms with E-state index in [0.717, 1.165) is 28.0 Å². The van der Waals surface area contributed by atoms with Crippen LogP contribution in [0, 0.1) is 0 Å². The fourth-order valence-electron chi connectivity index (χ4n) is 2.94. The minimum absolute atomic E-state index is 0.335. The molecule has 1 aromatic heterocycles. The predicted octanol–water partition coefficient (Wildman–Crippen LogP) is 3.64. The van der Waals surface area contributed by atoms with Crippen molar-refractivity contribution in [1.82, 2.24) is 4.98 Å². The number of esters is 1. The van der Waals surface area contributed by atoms with Gasteiger partial charge in [-0.15, -0.1) is 0 Å². The molecule has 0 unspecified atom stereocenters. The summed E-state index contributed by atoms with van der Waals surface area (Å²) in [6.45, 7) is 0.375. The number of nitrogens with one attached hydrogen (secondary N) is 1. The Bertz CT molecular complexity index is 967. The second-order valence-corrected chi connectivity index (χ2v) is 5.82. The average molecular weight is 331 g/mol. The summed E-state index contributed by atoms with van der Waals surface area (Å²) in [5, 5.41) is 2.91. The van der Waals surface area contributed by atoms with Crippen LogP contribution in [0.2, 0.25) is 0 Å². The lowest BCUT2D eigenvalue weighted by Crippen LogP contribution is -2.37. The molecule has 124 valence electrons. The molecule has 5 heteroatoms. The molecule has 0 atom stereocenters. The molecule has 3 aromatic rings. The van der Waals surface area contributed by atoms with Gasteiger partial charge in [-0.3, -0.25) is 10.4 Å². The number of benzene rings is 2. The average Bonchev–Trinajstić information content (AvgIpc) is 2.66. The largest absolute Gasteiger partial charge is 0.466 e. The molecule has 0 bridgehead atoms. The van der Waals surface area contributed by atoms with Crippen LogP contribution in [0.5, 0.6) is 0 Å². The van der Waals surface area contributed by atoms with Crippen molar-refractivity contribution in [2.24, 2.45) is 0 Å². The first kappa shape index (κ1) is 15.2. The Morgan fingerprint density at radius 2 is 1.88 bits per heavy atom. The van der Waals surface area contributed by atoms with Gasteiger partial charge in [-0.05, 0) is 30.3 Å². The number of nitrogens with zero attached hydrogens (tertiary/aromatic N) is 2. The van der Waals surface area contributed by atoms with Gasteiger partial charge in [-0.1, -0.05) is 36.4 Å². The minimum Gasteiger partial charge on any atom is -0.466 e. The Morgan fingerprint density at radius 1 is 1.12 bits per heavy atom. The van der Waals surface area contributed by atoms with Gasteiger partial charge in [0.2, 0.25) is 0 Å². The molecule has 2 aromatic carbocycles. The maximum absolute atomic E-state index is 12.1. The van der Waals surface area contributed by atoms with Crippen LogP contribution >= 0.6 is 0 Å². The van der Waals surface area contributed by atoms with E-state index in [1.54, 1.807) is 0 Å². The molecular weight excluding hydrogens is 314 g/mol. The smallest absolute Gasteiger partial charge is 0.335 e. The number of fused-ring (bicyclic) bond motifs is 2. The van der Waals surface area contributed by atoms with Crippen LogP contribution < -0.4 is 10.4 Å². The van der Waals surface area contributed by atoms with Crippen molar-refractivity contribution in [3.63, 3.8) is 0 Å². The lowest BCUT2D eigenvalue weighted by Gasteiger charge is -2.30. The highest BCUT2D eigenvalue weighted by atomic mass is 16.5. The summed E-state index contributed by atoms with van der Waals surface area (Å²) in [5.41, 5.74) is 6.63. The van der Waals surface area contributed by atoms with Gasteiger partial charge in [0.05, 0.1) is 30.4 Å². The van der Waals surface area contributed by atoms with Gasteiger partial charge in [-0.2, -0.15) is 0 Å². The van der Waals surface area contributed by atoms with Crippen molar-refractivity contribution in [2.75, 3.05) is 24.1 Å². The summed E-state index contributed by atoms with van der Waals surface area (Å²) in [4.78, 5) is 16.9. The number of rotatable bonds is 3. The molecule has 25 heavy (non-hydrogen) atoms. The summed E-state index contributed by atoms with van der Waals surface area (Å²) in [6.07, 6.45) is 1.85. The highest BCUT2D eigenvalue weighted by Crippen LogP contribution is 2.30. The molecule has 2 heterocycles. The van der Waals surface area contributed by atoms with Gasteiger partial charge >= 0.3 is 5.97 Å². The SMILES string of the molecule is COC(=O)C1=Cc2cc3ccccc3nc2N(Nc2ccccc2)C1.